The first-order valence-corrected chi connectivity index (χ1v) is 8.61. The largest absolute Gasteiger partial charge is 0.456 e. The van der Waals surface area contributed by atoms with E-state index in [9.17, 15) is 4.79 Å². The molecule has 0 bridgehead atoms. The summed E-state index contributed by atoms with van der Waals surface area (Å²) in [6, 6.07) is 11.7. The summed E-state index contributed by atoms with van der Waals surface area (Å²) in [6.45, 7) is 9.89. The molecule has 1 fully saturated rings. The van der Waals surface area contributed by atoms with E-state index in [2.05, 4.69) is 11.9 Å². The molecule has 24 heavy (non-hydrogen) atoms. The van der Waals surface area contributed by atoms with Gasteiger partial charge in [-0.1, -0.05) is 43.0 Å². The molecule has 0 atom stereocenters. The number of nitrogens with one attached hydrogen (secondary N) is 1. The number of benzene rings is 2. The molecule has 0 spiro atoms. The number of rotatable bonds is 4. The second-order valence-electron chi connectivity index (χ2n) is 6.97. The summed E-state index contributed by atoms with van der Waals surface area (Å²) in [6.07, 6.45) is 3.89. The van der Waals surface area contributed by atoms with E-state index in [4.69, 9.17) is 4.74 Å². The minimum Gasteiger partial charge on any atom is -0.456 e. The summed E-state index contributed by atoms with van der Waals surface area (Å²) in [5.41, 5.74) is 1.19. The van der Waals surface area contributed by atoms with E-state index in [1.54, 1.807) is 0 Å². The predicted octanol–water partition coefficient (Wildman–Crippen LogP) is 4.42. The monoisotopic (exact) mass is 323 g/mol. The Hall–Kier alpha value is -2.13. The molecule has 1 N–H and O–H groups in total. The van der Waals surface area contributed by atoms with Gasteiger partial charge in [-0.3, -0.25) is 0 Å². The Kier molecular flexibility index (Phi) is 4.72. The molecule has 2 aromatic carbocycles. The predicted molar refractivity (Wildman–Crippen MR) is 99.1 cm³/mol. The number of carbonyl (C=O) groups is 1. The average molecular weight is 323 g/mol. The molecular formula is C21H25NO2. The van der Waals surface area contributed by atoms with Crippen LogP contribution in [0.15, 0.2) is 43.0 Å². The lowest BCUT2D eigenvalue weighted by Crippen LogP contribution is -2.42. The van der Waals surface area contributed by atoms with E-state index in [0.29, 0.717) is 11.5 Å². The number of hydrogen-bond acceptors (Lipinski definition) is 3. The van der Waals surface area contributed by atoms with Gasteiger partial charge >= 0.3 is 5.97 Å². The van der Waals surface area contributed by atoms with Crippen LogP contribution in [0.25, 0.3) is 16.8 Å². The third-order valence-electron chi connectivity index (χ3n) is 5.08. The Morgan fingerprint density at radius 2 is 1.83 bits per heavy atom. The zero-order valence-corrected chi connectivity index (χ0v) is 14.5. The topological polar surface area (TPSA) is 38.3 Å². The Balaban J connectivity index is 1.90. The van der Waals surface area contributed by atoms with Crippen molar-refractivity contribution in [3.63, 3.8) is 0 Å². The highest BCUT2D eigenvalue weighted by Crippen LogP contribution is 2.31. The van der Waals surface area contributed by atoms with Gasteiger partial charge in [0.1, 0.15) is 5.60 Å². The van der Waals surface area contributed by atoms with Crippen molar-refractivity contribution in [2.75, 3.05) is 13.1 Å². The van der Waals surface area contributed by atoms with Gasteiger partial charge in [-0.25, -0.2) is 4.79 Å². The molecule has 1 aliphatic rings. The van der Waals surface area contributed by atoms with Gasteiger partial charge in [-0.15, -0.1) is 0 Å². The van der Waals surface area contributed by atoms with Crippen LogP contribution < -0.4 is 5.32 Å². The average Bonchev–Trinajstić information content (AvgIpc) is 2.61. The van der Waals surface area contributed by atoms with Crippen LogP contribution in [0.2, 0.25) is 0 Å². The summed E-state index contributed by atoms with van der Waals surface area (Å²) in [7, 11) is 0. The number of carbonyl (C=O) groups excluding carboxylic acids is 1. The van der Waals surface area contributed by atoms with Crippen molar-refractivity contribution >= 4 is 22.8 Å². The third-order valence-corrected chi connectivity index (χ3v) is 5.08. The molecule has 0 radical (unpaired) electrons. The van der Waals surface area contributed by atoms with E-state index in [1.807, 2.05) is 56.3 Å². The molecule has 2 aromatic rings. The Morgan fingerprint density at radius 1 is 1.17 bits per heavy atom. The second kappa shape index (κ2) is 6.78. The maximum atomic E-state index is 12.9. The SMILES string of the molecule is C=Cc1ccc(C(=O)OC(C)(C)C2CCNCC2)c2ccccc12. The molecule has 0 amide bonds. The van der Waals surface area contributed by atoms with Crippen LogP contribution in [0.5, 0.6) is 0 Å². The molecule has 3 rings (SSSR count). The van der Waals surface area contributed by atoms with Gasteiger partial charge in [0, 0.05) is 5.92 Å². The first kappa shape index (κ1) is 16.7. The number of hydrogen-bond donors (Lipinski definition) is 1. The van der Waals surface area contributed by atoms with E-state index in [1.165, 1.54) is 0 Å². The fourth-order valence-corrected chi connectivity index (χ4v) is 3.57. The Morgan fingerprint density at radius 3 is 2.50 bits per heavy atom. The highest BCUT2D eigenvalue weighted by Gasteiger charge is 2.34. The quantitative estimate of drug-likeness (QED) is 0.847. The van der Waals surface area contributed by atoms with Gasteiger partial charge in [0.25, 0.3) is 0 Å². The zero-order chi connectivity index (χ0) is 17.2. The lowest BCUT2D eigenvalue weighted by molar-refractivity contribution is -0.0366. The van der Waals surface area contributed by atoms with Crippen LogP contribution in [0.1, 0.15) is 42.6 Å². The van der Waals surface area contributed by atoms with Gasteiger partial charge in [0.05, 0.1) is 5.56 Å². The Bertz CT molecular complexity index is 758. The van der Waals surface area contributed by atoms with Crippen LogP contribution >= 0.6 is 0 Å². The number of piperidine rings is 1. The van der Waals surface area contributed by atoms with E-state index in [-0.39, 0.29) is 5.97 Å². The van der Waals surface area contributed by atoms with Crippen molar-refractivity contribution in [3.05, 3.63) is 54.1 Å². The fourth-order valence-electron chi connectivity index (χ4n) is 3.57. The molecule has 3 heteroatoms. The van der Waals surface area contributed by atoms with Crippen LogP contribution in [0.4, 0.5) is 0 Å². The van der Waals surface area contributed by atoms with Crippen molar-refractivity contribution in [1.29, 1.82) is 0 Å². The molecule has 0 unspecified atom stereocenters. The molecule has 1 aliphatic heterocycles. The zero-order valence-electron chi connectivity index (χ0n) is 14.5. The van der Waals surface area contributed by atoms with E-state index >= 15 is 0 Å². The molecule has 1 heterocycles. The van der Waals surface area contributed by atoms with Gasteiger partial charge in [0.15, 0.2) is 0 Å². The summed E-state index contributed by atoms with van der Waals surface area (Å²) in [4.78, 5) is 12.9. The lowest BCUT2D eigenvalue weighted by Gasteiger charge is -2.36. The van der Waals surface area contributed by atoms with Gasteiger partial charge in [-0.2, -0.15) is 0 Å². The van der Waals surface area contributed by atoms with Crippen LogP contribution in [0, 0.1) is 5.92 Å². The van der Waals surface area contributed by atoms with Gasteiger partial charge in [0.2, 0.25) is 0 Å². The summed E-state index contributed by atoms with van der Waals surface area (Å²) >= 11 is 0. The summed E-state index contributed by atoms with van der Waals surface area (Å²) in [5.74, 6) is 0.145. The maximum absolute atomic E-state index is 12.9. The summed E-state index contributed by atoms with van der Waals surface area (Å²) in [5, 5.41) is 5.31. The second-order valence-corrected chi connectivity index (χ2v) is 6.97. The fraction of sp³-hybridized carbons (Fsp3) is 0.381. The normalized spacial score (nSPS) is 16.1. The van der Waals surface area contributed by atoms with Gasteiger partial charge < -0.3 is 10.1 Å². The minimum atomic E-state index is -0.461. The molecule has 0 aromatic heterocycles. The molecule has 126 valence electrons. The van der Waals surface area contributed by atoms with Crippen molar-refractivity contribution < 1.29 is 9.53 Å². The van der Waals surface area contributed by atoms with Crippen molar-refractivity contribution in [2.45, 2.75) is 32.3 Å². The highest BCUT2D eigenvalue weighted by atomic mass is 16.6. The minimum absolute atomic E-state index is 0.245. The molecule has 1 saturated heterocycles. The molecule has 3 nitrogen and oxygen atoms in total. The number of esters is 1. The van der Waals surface area contributed by atoms with Crippen molar-refractivity contribution in [3.8, 4) is 0 Å². The first-order chi connectivity index (χ1) is 11.5. The maximum Gasteiger partial charge on any atom is 0.339 e. The van der Waals surface area contributed by atoms with Crippen molar-refractivity contribution in [1.82, 2.24) is 5.32 Å². The van der Waals surface area contributed by atoms with Crippen molar-refractivity contribution in [2.24, 2.45) is 5.92 Å². The standard InChI is InChI=1S/C21H25NO2/c1-4-15-9-10-19(18-8-6-5-7-17(15)18)20(23)24-21(2,3)16-11-13-22-14-12-16/h4-10,16,22H,1,11-14H2,2-3H3. The first-order valence-electron chi connectivity index (χ1n) is 8.61. The number of fused-ring (bicyclic) bond motifs is 1. The summed E-state index contributed by atoms with van der Waals surface area (Å²) < 4.78 is 5.95. The Labute approximate surface area is 143 Å². The highest BCUT2D eigenvalue weighted by molar-refractivity contribution is 6.06. The van der Waals surface area contributed by atoms with Gasteiger partial charge in [-0.05, 0) is 62.2 Å². The van der Waals surface area contributed by atoms with Crippen LogP contribution in [-0.2, 0) is 4.74 Å². The van der Waals surface area contributed by atoms with Crippen LogP contribution in [0.3, 0.4) is 0 Å². The molecule has 0 saturated carbocycles. The smallest absolute Gasteiger partial charge is 0.339 e. The van der Waals surface area contributed by atoms with E-state index in [0.717, 1.165) is 42.3 Å². The molecular weight excluding hydrogens is 298 g/mol. The van der Waals surface area contributed by atoms with Crippen LogP contribution in [-0.4, -0.2) is 24.7 Å². The third kappa shape index (κ3) is 3.22. The lowest BCUT2D eigenvalue weighted by atomic mass is 9.83. The molecule has 0 aliphatic carbocycles. The number of ether oxygens (including phenoxy) is 1. The van der Waals surface area contributed by atoms with E-state index < -0.39 is 5.60 Å².